The van der Waals surface area contributed by atoms with E-state index in [2.05, 4.69) is 32.2 Å². The zero-order valence-corrected chi connectivity index (χ0v) is 21.0. The second-order valence-corrected chi connectivity index (χ2v) is 10.2. The van der Waals surface area contributed by atoms with Crippen molar-refractivity contribution in [3.05, 3.63) is 29.9 Å². The van der Waals surface area contributed by atoms with Crippen molar-refractivity contribution in [1.82, 2.24) is 19.9 Å². The number of Topliss-reactive ketones (excluding diaryl/α,β-unsaturated/α-hetero) is 2. The van der Waals surface area contributed by atoms with E-state index >= 15 is 0 Å². The molecule has 1 aliphatic heterocycles. The normalized spacial score (nSPS) is 27.3. The Hall–Kier alpha value is -3.27. The number of nitrogens with zero attached hydrogens (tertiary/aromatic N) is 4. The molecular weight excluding hydrogens is 460 g/mol. The SMILES string of the molecule is C[C@H](Oc1cc(Nc2ncco2)nc(C(N)=C2CCC[C@@]3(CCCCC3=O)C2=O)n1)[C@@H]1CCCN1C. The third-order valence-electron chi connectivity index (χ3n) is 7.89. The fraction of sp³-hybridized carbons (Fsp3) is 0.577. The van der Waals surface area contributed by atoms with Crippen LogP contribution in [0.25, 0.3) is 5.70 Å². The summed E-state index contributed by atoms with van der Waals surface area (Å²) in [5.41, 5.74) is 6.28. The van der Waals surface area contributed by atoms with Crippen LogP contribution in [0.3, 0.4) is 0 Å². The summed E-state index contributed by atoms with van der Waals surface area (Å²) in [4.78, 5) is 42.1. The number of nitrogens with one attached hydrogen (secondary N) is 1. The van der Waals surface area contributed by atoms with Gasteiger partial charge in [-0.1, -0.05) is 6.42 Å². The fourth-order valence-electron chi connectivity index (χ4n) is 5.93. The number of ketones is 2. The standard InChI is InChI=1S/C26H34N6O4/c1-16(18-8-6-13-32(18)2)36-21-15-20(30-25-28-12-14-35-25)29-24(31-21)22(27)17-7-5-11-26(23(17)34)10-4-3-9-19(26)33/h12,14-16,18H,3-11,13,27H2,1-2H3,(H,28,29,30,31)/t16-,18-,26+/m0/s1. The van der Waals surface area contributed by atoms with Gasteiger partial charge in [0, 0.05) is 24.1 Å². The van der Waals surface area contributed by atoms with E-state index < -0.39 is 5.41 Å². The summed E-state index contributed by atoms with van der Waals surface area (Å²) in [6.45, 7) is 3.06. The minimum Gasteiger partial charge on any atom is -0.473 e. The summed E-state index contributed by atoms with van der Waals surface area (Å²) in [6, 6.07) is 2.21. The highest BCUT2D eigenvalue weighted by Crippen LogP contribution is 2.45. The van der Waals surface area contributed by atoms with Crippen LogP contribution in [-0.4, -0.2) is 57.2 Å². The van der Waals surface area contributed by atoms with Gasteiger partial charge in [-0.05, 0) is 65.5 Å². The lowest BCUT2D eigenvalue weighted by Crippen LogP contribution is -2.45. The maximum atomic E-state index is 13.6. The predicted octanol–water partition coefficient (Wildman–Crippen LogP) is 3.62. The number of hydrogen-bond donors (Lipinski definition) is 2. The summed E-state index contributed by atoms with van der Waals surface area (Å²) < 4.78 is 11.6. The number of carbonyl (C=O) groups is 2. The molecule has 5 rings (SSSR count). The molecule has 36 heavy (non-hydrogen) atoms. The molecule has 0 aromatic carbocycles. The van der Waals surface area contributed by atoms with Gasteiger partial charge in [-0.15, -0.1) is 0 Å². The van der Waals surface area contributed by atoms with E-state index in [1.54, 1.807) is 6.07 Å². The molecule has 10 heteroatoms. The van der Waals surface area contributed by atoms with E-state index in [9.17, 15) is 9.59 Å². The fourth-order valence-corrected chi connectivity index (χ4v) is 5.93. The maximum Gasteiger partial charge on any atom is 0.300 e. The Balaban J connectivity index is 1.49. The number of likely N-dealkylation sites (N-methyl/N-ethyl adjacent to an activating group) is 1. The van der Waals surface area contributed by atoms with Gasteiger partial charge in [-0.3, -0.25) is 19.8 Å². The largest absolute Gasteiger partial charge is 0.473 e. The smallest absolute Gasteiger partial charge is 0.300 e. The first kappa shape index (κ1) is 24.4. The number of likely N-dealkylation sites (tertiary alicyclic amines) is 1. The van der Waals surface area contributed by atoms with Gasteiger partial charge in [-0.25, -0.2) is 9.97 Å². The molecule has 1 spiro atoms. The van der Waals surface area contributed by atoms with Crippen LogP contribution in [0.1, 0.15) is 70.5 Å². The van der Waals surface area contributed by atoms with Gasteiger partial charge in [0.1, 0.15) is 24.0 Å². The van der Waals surface area contributed by atoms with Gasteiger partial charge in [0.2, 0.25) is 5.88 Å². The Morgan fingerprint density at radius 3 is 2.78 bits per heavy atom. The lowest BCUT2D eigenvalue weighted by Gasteiger charge is -2.38. The molecule has 2 aliphatic carbocycles. The van der Waals surface area contributed by atoms with Gasteiger partial charge < -0.3 is 14.9 Å². The zero-order valence-electron chi connectivity index (χ0n) is 21.0. The van der Waals surface area contributed by atoms with E-state index in [0.717, 1.165) is 38.6 Å². The van der Waals surface area contributed by atoms with Gasteiger partial charge in [0.15, 0.2) is 11.6 Å². The molecule has 3 fully saturated rings. The third kappa shape index (κ3) is 4.61. The van der Waals surface area contributed by atoms with Gasteiger partial charge in [0.25, 0.3) is 6.01 Å². The number of nitrogens with two attached hydrogens (primary N) is 1. The van der Waals surface area contributed by atoms with Crippen LogP contribution in [0.4, 0.5) is 11.8 Å². The van der Waals surface area contributed by atoms with Crippen molar-refractivity contribution in [3.8, 4) is 5.88 Å². The minimum absolute atomic E-state index is 0.0440. The van der Waals surface area contributed by atoms with Gasteiger partial charge in [-0.2, -0.15) is 4.98 Å². The number of hydrogen-bond acceptors (Lipinski definition) is 10. The molecule has 3 atom stereocenters. The summed E-state index contributed by atoms with van der Waals surface area (Å²) in [6.07, 6.45) is 9.64. The van der Waals surface area contributed by atoms with Crippen LogP contribution in [-0.2, 0) is 9.59 Å². The number of carbonyl (C=O) groups excluding carboxylic acids is 2. The van der Waals surface area contributed by atoms with E-state index in [1.807, 2.05) is 6.92 Å². The number of oxazole rings is 1. The second kappa shape index (κ2) is 10.0. The summed E-state index contributed by atoms with van der Waals surface area (Å²) >= 11 is 0. The molecule has 3 aliphatic rings. The van der Waals surface area contributed by atoms with E-state index in [0.29, 0.717) is 43.0 Å². The van der Waals surface area contributed by atoms with Crippen molar-refractivity contribution < 1.29 is 18.7 Å². The number of anilines is 2. The molecule has 10 nitrogen and oxygen atoms in total. The third-order valence-corrected chi connectivity index (χ3v) is 7.89. The number of aromatic nitrogens is 3. The minimum atomic E-state index is -0.939. The second-order valence-electron chi connectivity index (χ2n) is 10.2. The average Bonchev–Trinajstić information content (AvgIpc) is 3.53. The van der Waals surface area contributed by atoms with Crippen molar-refractivity contribution in [2.45, 2.75) is 76.9 Å². The van der Waals surface area contributed by atoms with Crippen LogP contribution in [0.5, 0.6) is 5.88 Å². The molecule has 2 aromatic heterocycles. The highest BCUT2D eigenvalue weighted by molar-refractivity contribution is 6.17. The number of ether oxygens (including phenoxy) is 1. The van der Waals surface area contributed by atoms with Crippen molar-refractivity contribution in [2.75, 3.05) is 18.9 Å². The predicted molar refractivity (Wildman–Crippen MR) is 133 cm³/mol. The van der Waals surface area contributed by atoms with E-state index in [4.69, 9.17) is 14.9 Å². The van der Waals surface area contributed by atoms with Gasteiger partial charge >= 0.3 is 0 Å². The summed E-state index contributed by atoms with van der Waals surface area (Å²) in [5.74, 6) is 0.811. The van der Waals surface area contributed by atoms with Crippen molar-refractivity contribution in [3.63, 3.8) is 0 Å². The van der Waals surface area contributed by atoms with Crippen LogP contribution >= 0.6 is 0 Å². The molecule has 0 bridgehead atoms. The highest BCUT2D eigenvalue weighted by atomic mass is 16.5. The first-order chi connectivity index (χ1) is 17.4. The zero-order chi connectivity index (χ0) is 25.3. The average molecular weight is 495 g/mol. The maximum absolute atomic E-state index is 13.6. The monoisotopic (exact) mass is 494 g/mol. The molecule has 192 valence electrons. The Morgan fingerprint density at radius 2 is 2.06 bits per heavy atom. The first-order valence-electron chi connectivity index (χ1n) is 12.9. The van der Waals surface area contributed by atoms with Crippen LogP contribution in [0, 0.1) is 5.41 Å². The lowest BCUT2D eigenvalue weighted by atomic mass is 9.62. The van der Waals surface area contributed by atoms with Crippen LogP contribution in [0.2, 0.25) is 0 Å². The van der Waals surface area contributed by atoms with Crippen LogP contribution in [0.15, 0.2) is 28.5 Å². The van der Waals surface area contributed by atoms with Crippen molar-refractivity contribution >= 4 is 29.1 Å². The first-order valence-corrected chi connectivity index (χ1v) is 12.9. The molecule has 2 saturated carbocycles. The molecule has 3 heterocycles. The molecule has 3 N–H and O–H groups in total. The molecule has 2 aromatic rings. The molecule has 0 amide bonds. The van der Waals surface area contributed by atoms with Crippen molar-refractivity contribution in [2.24, 2.45) is 11.1 Å². The Morgan fingerprint density at radius 1 is 1.22 bits per heavy atom. The topological polar surface area (TPSA) is 136 Å². The van der Waals surface area contributed by atoms with E-state index in [-0.39, 0.29) is 41.2 Å². The van der Waals surface area contributed by atoms with Crippen molar-refractivity contribution in [1.29, 1.82) is 0 Å². The molecule has 0 radical (unpaired) electrons. The van der Waals surface area contributed by atoms with Crippen LogP contribution < -0.4 is 15.8 Å². The number of rotatable bonds is 6. The molecule has 0 unspecified atom stereocenters. The number of allylic oxidation sites excluding steroid dienone is 1. The Bertz CT molecular complexity index is 1160. The summed E-state index contributed by atoms with van der Waals surface area (Å²) in [5, 5.41) is 3.01. The Kier molecular flexibility index (Phi) is 6.79. The molecular formula is C26H34N6O4. The summed E-state index contributed by atoms with van der Waals surface area (Å²) in [7, 11) is 2.10. The highest BCUT2D eigenvalue weighted by Gasteiger charge is 2.49. The lowest BCUT2D eigenvalue weighted by molar-refractivity contribution is -0.143. The van der Waals surface area contributed by atoms with E-state index in [1.165, 1.54) is 12.5 Å². The van der Waals surface area contributed by atoms with Gasteiger partial charge in [0.05, 0.1) is 17.3 Å². The molecule has 1 saturated heterocycles. The Labute approximate surface area is 210 Å². The quantitative estimate of drug-likeness (QED) is 0.452.